The first-order valence-corrected chi connectivity index (χ1v) is 7.25. The number of amides is 1. The van der Waals surface area contributed by atoms with E-state index >= 15 is 0 Å². The van der Waals surface area contributed by atoms with Gasteiger partial charge in [0.1, 0.15) is 5.69 Å². The van der Waals surface area contributed by atoms with Crippen molar-refractivity contribution in [3.8, 4) is 5.69 Å². The summed E-state index contributed by atoms with van der Waals surface area (Å²) in [6.07, 6.45) is 7.19. The van der Waals surface area contributed by atoms with E-state index in [1.54, 1.807) is 17.2 Å². The van der Waals surface area contributed by atoms with Crippen LogP contribution in [0.15, 0.2) is 42.9 Å². The zero-order chi connectivity index (χ0) is 14.4. The van der Waals surface area contributed by atoms with E-state index in [9.17, 15) is 9.90 Å². The molecule has 0 bridgehead atoms. The van der Waals surface area contributed by atoms with Crippen molar-refractivity contribution in [2.75, 3.05) is 13.1 Å². The lowest BCUT2D eigenvalue weighted by Crippen LogP contribution is -2.30. The molecule has 2 aromatic heterocycles. The largest absolute Gasteiger partial charge is 0.391 e. The van der Waals surface area contributed by atoms with E-state index in [2.05, 4.69) is 4.98 Å². The Morgan fingerprint density at radius 1 is 1.33 bits per heavy atom. The summed E-state index contributed by atoms with van der Waals surface area (Å²) in [6, 6.07) is 7.55. The molecule has 3 heterocycles. The molecule has 1 aliphatic carbocycles. The van der Waals surface area contributed by atoms with E-state index in [1.807, 2.05) is 35.2 Å². The molecule has 1 aliphatic heterocycles. The van der Waals surface area contributed by atoms with Crippen LogP contribution in [0.2, 0.25) is 0 Å². The highest BCUT2D eigenvalue weighted by molar-refractivity contribution is 5.93. The number of carbonyl (C=O) groups excluding carboxylic acids is 1. The van der Waals surface area contributed by atoms with Crippen molar-refractivity contribution in [1.82, 2.24) is 14.5 Å². The van der Waals surface area contributed by atoms with Crippen LogP contribution in [0.5, 0.6) is 0 Å². The molecule has 2 aliphatic rings. The van der Waals surface area contributed by atoms with Crippen molar-refractivity contribution in [1.29, 1.82) is 0 Å². The molecule has 5 heteroatoms. The summed E-state index contributed by atoms with van der Waals surface area (Å²) in [5.41, 5.74) is 1.33. The summed E-state index contributed by atoms with van der Waals surface area (Å²) in [5, 5.41) is 10.1. The quantitative estimate of drug-likeness (QED) is 0.908. The lowest BCUT2D eigenvalue weighted by molar-refractivity contribution is 0.0758. The number of aliphatic hydroxyl groups is 1. The van der Waals surface area contributed by atoms with Crippen LogP contribution < -0.4 is 0 Å². The zero-order valence-corrected chi connectivity index (χ0v) is 11.6. The van der Waals surface area contributed by atoms with Crippen molar-refractivity contribution in [3.63, 3.8) is 0 Å². The number of pyridine rings is 1. The van der Waals surface area contributed by atoms with Crippen LogP contribution in [0.1, 0.15) is 23.3 Å². The number of likely N-dealkylation sites (tertiary alicyclic amines) is 1. The summed E-state index contributed by atoms with van der Waals surface area (Å²) < 4.78 is 1.94. The fourth-order valence-electron chi connectivity index (χ4n) is 3.12. The molecule has 1 saturated heterocycles. The van der Waals surface area contributed by atoms with Gasteiger partial charge in [0.25, 0.3) is 5.91 Å². The van der Waals surface area contributed by atoms with Crippen molar-refractivity contribution in [2.45, 2.75) is 18.9 Å². The minimum atomic E-state index is -0.380. The predicted molar refractivity (Wildman–Crippen MR) is 77.1 cm³/mol. The fourth-order valence-corrected chi connectivity index (χ4v) is 3.12. The van der Waals surface area contributed by atoms with Crippen molar-refractivity contribution >= 4 is 5.91 Å². The molecular formula is C16H17N3O2. The van der Waals surface area contributed by atoms with E-state index < -0.39 is 0 Å². The Bertz CT molecular complexity index is 677. The topological polar surface area (TPSA) is 58.4 Å². The van der Waals surface area contributed by atoms with Crippen LogP contribution >= 0.6 is 0 Å². The molecule has 2 aromatic rings. The van der Waals surface area contributed by atoms with Gasteiger partial charge in [-0.15, -0.1) is 0 Å². The maximum absolute atomic E-state index is 12.6. The summed E-state index contributed by atoms with van der Waals surface area (Å²) in [6.45, 7) is 1.08. The van der Waals surface area contributed by atoms with Crippen molar-refractivity contribution in [2.24, 2.45) is 5.41 Å². The molecule has 21 heavy (non-hydrogen) atoms. The monoisotopic (exact) mass is 283 g/mol. The SMILES string of the molecule is O=C(c1cc(-n2cccc2)ccn1)N1CC(O)C2(CC2)C1. The third-order valence-corrected chi connectivity index (χ3v) is 4.65. The minimum Gasteiger partial charge on any atom is -0.391 e. The van der Waals surface area contributed by atoms with Crippen molar-refractivity contribution in [3.05, 3.63) is 48.5 Å². The molecule has 1 N–H and O–H groups in total. The summed E-state index contributed by atoms with van der Waals surface area (Å²) >= 11 is 0. The molecule has 1 atom stereocenters. The standard InChI is InChI=1S/C16H17N3O2/c20-14-10-19(11-16(14)4-5-16)15(21)13-9-12(3-6-17-13)18-7-1-2-8-18/h1-3,6-9,14,20H,4-5,10-11H2. The van der Waals surface area contributed by atoms with Gasteiger partial charge < -0.3 is 14.6 Å². The van der Waals surface area contributed by atoms with Gasteiger partial charge in [-0.25, -0.2) is 0 Å². The van der Waals surface area contributed by atoms with Gasteiger partial charge in [0.2, 0.25) is 0 Å². The number of β-amino-alcohol motifs (C(OH)–C–C–N with tert-alkyl or cyclic N) is 1. The molecule has 1 amide bonds. The van der Waals surface area contributed by atoms with Crippen LogP contribution in [0.25, 0.3) is 5.69 Å². The molecule has 1 spiro atoms. The van der Waals surface area contributed by atoms with Crippen LogP contribution in [0, 0.1) is 5.41 Å². The maximum Gasteiger partial charge on any atom is 0.272 e. The summed E-state index contributed by atoms with van der Waals surface area (Å²) in [7, 11) is 0. The van der Waals surface area contributed by atoms with E-state index in [-0.39, 0.29) is 17.4 Å². The molecule has 0 radical (unpaired) electrons. The smallest absolute Gasteiger partial charge is 0.272 e. The second kappa shape index (κ2) is 4.43. The zero-order valence-electron chi connectivity index (χ0n) is 11.6. The van der Waals surface area contributed by atoms with E-state index in [4.69, 9.17) is 0 Å². The first-order chi connectivity index (χ1) is 10.2. The van der Waals surface area contributed by atoms with Crippen LogP contribution in [-0.2, 0) is 0 Å². The number of hydrogen-bond donors (Lipinski definition) is 1. The Balaban J connectivity index is 1.59. The van der Waals surface area contributed by atoms with E-state index in [1.165, 1.54) is 0 Å². The number of hydrogen-bond acceptors (Lipinski definition) is 3. The van der Waals surface area contributed by atoms with Gasteiger partial charge in [-0.3, -0.25) is 9.78 Å². The predicted octanol–water partition coefficient (Wildman–Crippen LogP) is 1.47. The third-order valence-electron chi connectivity index (χ3n) is 4.65. The maximum atomic E-state index is 12.6. The van der Waals surface area contributed by atoms with E-state index in [0.717, 1.165) is 18.5 Å². The number of rotatable bonds is 2. The van der Waals surface area contributed by atoms with Crippen LogP contribution in [0.3, 0.4) is 0 Å². The van der Waals surface area contributed by atoms with Gasteiger partial charge in [0.05, 0.1) is 6.10 Å². The first kappa shape index (κ1) is 12.6. The second-order valence-electron chi connectivity index (χ2n) is 6.05. The molecule has 5 nitrogen and oxygen atoms in total. The lowest BCUT2D eigenvalue weighted by atomic mass is 10.0. The Hall–Kier alpha value is -2.14. The second-order valence-corrected chi connectivity index (χ2v) is 6.05. The Labute approximate surface area is 122 Å². The molecule has 108 valence electrons. The minimum absolute atomic E-state index is 0.0201. The Morgan fingerprint density at radius 3 is 2.76 bits per heavy atom. The Morgan fingerprint density at radius 2 is 2.10 bits per heavy atom. The summed E-state index contributed by atoms with van der Waals surface area (Å²) in [5.74, 6) is -0.0909. The van der Waals surface area contributed by atoms with Gasteiger partial charge in [0, 0.05) is 42.8 Å². The average molecular weight is 283 g/mol. The van der Waals surface area contributed by atoms with Gasteiger partial charge in [-0.2, -0.15) is 0 Å². The van der Waals surface area contributed by atoms with Gasteiger partial charge in [-0.1, -0.05) is 0 Å². The summed E-state index contributed by atoms with van der Waals surface area (Å²) in [4.78, 5) is 18.5. The van der Waals surface area contributed by atoms with Gasteiger partial charge in [0.15, 0.2) is 0 Å². The lowest BCUT2D eigenvalue weighted by Gasteiger charge is -2.15. The molecule has 1 unspecified atom stereocenters. The highest BCUT2D eigenvalue weighted by Crippen LogP contribution is 2.52. The Kier molecular flexibility index (Phi) is 2.65. The third kappa shape index (κ3) is 2.05. The molecule has 4 rings (SSSR count). The molecule has 2 fully saturated rings. The number of nitrogens with zero attached hydrogens (tertiary/aromatic N) is 3. The van der Waals surface area contributed by atoms with Gasteiger partial charge >= 0.3 is 0 Å². The normalized spacial score (nSPS) is 22.7. The molecule has 1 saturated carbocycles. The first-order valence-electron chi connectivity index (χ1n) is 7.25. The number of aliphatic hydroxyl groups excluding tert-OH is 1. The van der Waals surface area contributed by atoms with E-state index in [0.29, 0.717) is 18.8 Å². The van der Waals surface area contributed by atoms with Crippen LogP contribution in [-0.4, -0.2) is 44.7 Å². The fraction of sp³-hybridized carbons (Fsp3) is 0.375. The number of carbonyl (C=O) groups is 1. The van der Waals surface area contributed by atoms with Gasteiger partial charge in [-0.05, 0) is 37.1 Å². The molecule has 0 aromatic carbocycles. The highest BCUT2D eigenvalue weighted by atomic mass is 16.3. The average Bonchev–Trinajstić information content (AvgIpc) is 2.96. The van der Waals surface area contributed by atoms with Crippen molar-refractivity contribution < 1.29 is 9.90 Å². The highest BCUT2D eigenvalue weighted by Gasteiger charge is 2.55. The number of aromatic nitrogens is 2. The molecular weight excluding hydrogens is 266 g/mol. The van der Waals surface area contributed by atoms with Crippen LogP contribution in [0.4, 0.5) is 0 Å².